The molecule has 4 rings (SSSR count). The molecule has 1 aliphatic heterocycles. The first-order chi connectivity index (χ1) is 18.8. The van der Waals surface area contributed by atoms with Crippen LogP contribution in [0.5, 0.6) is 5.75 Å². The molecule has 8 nitrogen and oxygen atoms in total. The van der Waals surface area contributed by atoms with Gasteiger partial charge in [-0.3, -0.25) is 9.78 Å². The van der Waals surface area contributed by atoms with E-state index in [1.165, 1.54) is 11.1 Å². The molecule has 3 aromatic rings. The van der Waals surface area contributed by atoms with Crippen LogP contribution in [0.1, 0.15) is 58.9 Å². The molecule has 1 fully saturated rings. The number of hydrogen-bond acceptors (Lipinski definition) is 7. The maximum absolute atomic E-state index is 12.8. The monoisotopic (exact) mass is 550 g/mol. The molecule has 0 aliphatic carbocycles. The van der Waals surface area contributed by atoms with E-state index in [2.05, 4.69) is 45.0 Å². The maximum Gasteiger partial charge on any atom is 0.253 e. The van der Waals surface area contributed by atoms with Crippen LogP contribution in [-0.4, -0.2) is 64.6 Å². The summed E-state index contributed by atoms with van der Waals surface area (Å²) in [4.78, 5) is 31.0. The van der Waals surface area contributed by atoms with Gasteiger partial charge in [0.25, 0.3) is 5.91 Å². The van der Waals surface area contributed by atoms with Crippen molar-refractivity contribution >= 4 is 23.3 Å². The van der Waals surface area contributed by atoms with Crippen LogP contribution >= 0.6 is 11.6 Å². The SMILES string of the molecule is COc1ccc(N(Cc2cnccc2C)C2CCN([C@H](C)CCNC(=O)c3c(C)cc(Cl)nc3C)CC2)nc1. The Balaban J connectivity index is 1.34. The summed E-state index contributed by atoms with van der Waals surface area (Å²) in [5.74, 6) is 1.62. The summed E-state index contributed by atoms with van der Waals surface area (Å²) in [6, 6.07) is 8.55. The van der Waals surface area contributed by atoms with E-state index < -0.39 is 0 Å². The predicted octanol–water partition coefficient (Wildman–Crippen LogP) is 5.14. The topological polar surface area (TPSA) is 83.5 Å². The van der Waals surface area contributed by atoms with Crippen molar-refractivity contribution in [3.05, 3.63) is 76.0 Å². The van der Waals surface area contributed by atoms with Gasteiger partial charge in [0.1, 0.15) is 16.7 Å². The molecule has 1 amide bonds. The highest BCUT2D eigenvalue weighted by Crippen LogP contribution is 2.27. The molecular weight excluding hydrogens is 512 g/mol. The highest BCUT2D eigenvalue weighted by molar-refractivity contribution is 6.29. The number of aromatic nitrogens is 3. The fraction of sp³-hybridized carbons (Fsp3) is 0.467. The minimum atomic E-state index is -0.0894. The molecule has 9 heteroatoms. The third-order valence-corrected chi connectivity index (χ3v) is 7.94. The average Bonchev–Trinajstić information content (AvgIpc) is 2.92. The molecular formula is C30H39ClN6O2. The summed E-state index contributed by atoms with van der Waals surface area (Å²) in [5.41, 5.74) is 4.56. The summed E-state index contributed by atoms with van der Waals surface area (Å²) in [6.07, 6.45) is 8.55. The Hall–Kier alpha value is -3.23. The molecule has 3 aromatic heterocycles. The third kappa shape index (κ3) is 7.25. The van der Waals surface area contributed by atoms with E-state index in [4.69, 9.17) is 21.3 Å². The van der Waals surface area contributed by atoms with Crippen molar-refractivity contribution in [3.8, 4) is 5.75 Å². The summed E-state index contributed by atoms with van der Waals surface area (Å²) >= 11 is 6.02. The molecule has 4 heterocycles. The van der Waals surface area contributed by atoms with E-state index >= 15 is 0 Å². The van der Waals surface area contributed by atoms with Crippen molar-refractivity contribution in [2.45, 2.75) is 65.6 Å². The van der Waals surface area contributed by atoms with Crippen LogP contribution in [0.25, 0.3) is 0 Å². The van der Waals surface area contributed by atoms with Crippen LogP contribution in [0.4, 0.5) is 5.82 Å². The molecule has 208 valence electrons. The fourth-order valence-electron chi connectivity index (χ4n) is 5.34. The van der Waals surface area contributed by atoms with Gasteiger partial charge in [-0.2, -0.15) is 0 Å². The number of nitrogens with one attached hydrogen (secondary N) is 1. The summed E-state index contributed by atoms with van der Waals surface area (Å²) in [6.45, 7) is 11.5. The Morgan fingerprint density at radius 1 is 1.18 bits per heavy atom. The number of piperidine rings is 1. The molecule has 0 radical (unpaired) electrons. The molecule has 1 N–H and O–H groups in total. The molecule has 39 heavy (non-hydrogen) atoms. The van der Waals surface area contributed by atoms with E-state index in [-0.39, 0.29) is 5.91 Å². The van der Waals surface area contributed by atoms with Crippen LogP contribution in [0.15, 0.2) is 42.9 Å². The minimum absolute atomic E-state index is 0.0894. The second-order valence-corrected chi connectivity index (χ2v) is 10.8. The van der Waals surface area contributed by atoms with Gasteiger partial charge in [0, 0.05) is 50.7 Å². The lowest BCUT2D eigenvalue weighted by Crippen LogP contribution is -2.48. The lowest BCUT2D eigenvalue weighted by molar-refractivity contribution is 0.0943. The highest BCUT2D eigenvalue weighted by atomic mass is 35.5. The molecule has 1 aliphatic rings. The van der Waals surface area contributed by atoms with Crippen molar-refractivity contribution in [1.29, 1.82) is 0 Å². The normalized spacial score (nSPS) is 15.1. The zero-order valence-corrected chi connectivity index (χ0v) is 24.3. The Kier molecular flexibility index (Phi) is 9.75. The zero-order chi connectivity index (χ0) is 27.9. The number of nitrogens with zero attached hydrogens (tertiary/aromatic N) is 5. The molecule has 0 aromatic carbocycles. The smallest absolute Gasteiger partial charge is 0.253 e. The van der Waals surface area contributed by atoms with E-state index in [9.17, 15) is 4.79 Å². The van der Waals surface area contributed by atoms with E-state index in [0.29, 0.717) is 35.0 Å². The van der Waals surface area contributed by atoms with Gasteiger partial charge >= 0.3 is 0 Å². The number of amides is 1. The zero-order valence-electron chi connectivity index (χ0n) is 23.6. The van der Waals surface area contributed by atoms with Crippen molar-refractivity contribution in [1.82, 2.24) is 25.2 Å². The second kappa shape index (κ2) is 13.2. The van der Waals surface area contributed by atoms with Crippen LogP contribution in [0.2, 0.25) is 5.15 Å². The van der Waals surface area contributed by atoms with Gasteiger partial charge in [-0.05, 0) is 87.9 Å². The standard InChI is InChI=1S/C30H39ClN6O2/c1-20-8-12-32-17-24(20)19-37(28-7-6-26(39-5)18-34-28)25-10-14-36(15-11-25)22(3)9-13-33-30(38)29-21(2)16-27(31)35-23(29)4/h6-8,12,16-18,22,25H,9-11,13-15,19H2,1-5H3,(H,33,38)/t22-/m1/s1. The minimum Gasteiger partial charge on any atom is -0.495 e. The number of methoxy groups -OCH3 is 1. The highest BCUT2D eigenvalue weighted by Gasteiger charge is 2.28. The lowest BCUT2D eigenvalue weighted by Gasteiger charge is -2.41. The lowest BCUT2D eigenvalue weighted by atomic mass is 9.99. The van der Waals surface area contributed by atoms with Crippen molar-refractivity contribution < 1.29 is 9.53 Å². The number of halogens is 1. The Morgan fingerprint density at radius 2 is 1.95 bits per heavy atom. The number of pyridine rings is 3. The summed E-state index contributed by atoms with van der Waals surface area (Å²) in [5, 5.41) is 3.49. The first kappa shape index (κ1) is 28.8. The van der Waals surface area contributed by atoms with Gasteiger partial charge in [-0.15, -0.1) is 0 Å². The van der Waals surface area contributed by atoms with E-state index in [0.717, 1.165) is 56.0 Å². The largest absolute Gasteiger partial charge is 0.495 e. The second-order valence-electron chi connectivity index (χ2n) is 10.4. The van der Waals surface area contributed by atoms with Gasteiger partial charge in [-0.25, -0.2) is 9.97 Å². The Bertz CT molecular complexity index is 1240. The molecule has 1 atom stereocenters. The first-order valence-corrected chi connectivity index (χ1v) is 14.0. The van der Waals surface area contributed by atoms with Crippen molar-refractivity contribution in [2.75, 3.05) is 31.6 Å². The van der Waals surface area contributed by atoms with Gasteiger partial charge < -0.3 is 19.9 Å². The maximum atomic E-state index is 12.8. The summed E-state index contributed by atoms with van der Waals surface area (Å²) < 4.78 is 5.33. The van der Waals surface area contributed by atoms with Crippen LogP contribution < -0.4 is 15.0 Å². The number of rotatable bonds is 10. The van der Waals surface area contributed by atoms with Gasteiger partial charge in [-0.1, -0.05) is 11.6 Å². The average molecular weight is 551 g/mol. The number of aryl methyl sites for hydroxylation is 3. The molecule has 0 spiro atoms. The van der Waals surface area contributed by atoms with Gasteiger partial charge in [0.15, 0.2) is 0 Å². The molecule has 0 unspecified atom stereocenters. The Labute approximate surface area is 236 Å². The van der Waals surface area contributed by atoms with Crippen LogP contribution in [0, 0.1) is 20.8 Å². The number of carbonyl (C=O) groups is 1. The van der Waals surface area contributed by atoms with Crippen molar-refractivity contribution in [3.63, 3.8) is 0 Å². The number of likely N-dealkylation sites (tertiary alicyclic amines) is 1. The molecule has 0 bridgehead atoms. The van der Waals surface area contributed by atoms with Crippen molar-refractivity contribution in [2.24, 2.45) is 0 Å². The van der Waals surface area contributed by atoms with E-state index in [1.54, 1.807) is 19.4 Å². The number of ether oxygens (including phenoxy) is 1. The third-order valence-electron chi connectivity index (χ3n) is 7.74. The van der Waals surface area contributed by atoms with Gasteiger partial charge in [0.05, 0.1) is 24.6 Å². The fourth-order valence-corrected chi connectivity index (χ4v) is 5.63. The quantitative estimate of drug-likeness (QED) is 0.350. The number of hydrogen-bond donors (Lipinski definition) is 1. The van der Waals surface area contributed by atoms with Crippen LogP contribution in [-0.2, 0) is 6.54 Å². The first-order valence-electron chi connectivity index (χ1n) is 13.6. The van der Waals surface area contributed by atoms with E-state index in [1.807, 2.05) is 38.4 Å². The van der Waals surface area contributed by atoms with Gasteiger partial charge in [0.2, 0.25) is 0 Å². The van der Waals surface area contributed by atoms with Crippen LogP contribution in [0.3, 0.4) is 0 Å². The number of carbonyl (C=O) groups excluding carboxylic acids is 1. The number of anilines is 1. The predicted molar refractivity (Wildman–Crippen MR) is 156 cm³/mol. The molecule has 0 saturated carbocycles. The summed E-state index contributed by atoms with van der Waals surface area (Å²) in [7, 11) is 1.66. The Morgan fingerprint density at radius 3 is 2.59 bits per heavy atom. The molecule has 1 saturated heterocycles.